The lowest BCUT2D eigenvalue weighted by molar-refractivity contribution is -0.140. The van der Waals surface area contributed by atoms with Crippen molar-refractivity contribution < 1.29 is 19.2 Å². The van der Waals surface area contributed by atoms with Gasteiger partial charge in [0.15, 0.2) is 0 Å². The molecule has 2 saturated heterocycles. The Bertz CT molecular complexity index is 1500. The molecular formula is C30H20Cl2N2O4. The second-order valence-electron chi connectivity index (χ2n) is 10.2. The summed E-state index contributed by atoms with van der Waals surface area (Å²) in [4.78, 5) is 58.8. The number of carbonyl (C=O) groups is 4. The van der Waals surface area contributed by atoms with E-state index in [0.717, 1.165) is 9.80 Å². The molecule has 4 atom stereocenters. The lowest BCUT2D eigenvalue weighted by Crippen LogP contribution is -2.60. The molecule has 6 nitrogen and oxygen atoms in total. The first-order valence-electron chi connectivity index (χ1n) is 12.4. The smallest absolute Gasteiger partial charge is 0.239 e. The zero-order valence-corrected chi connectivity index (χ0v) is 21.3. The van der Waals surface area contributed by atoms with Gasteiger partial charge in [-0.25, -0.2) is 9.80 Å². The molecule has 188 valence electrons. The van der Waals surface area contributed by atoms with Crippen molar-refractivity contribution in [2.45, 2.75) is 5.41 Å². The number of imide groups is 2. The largest absolute Gasteiger partial charge is 0.274 e. The van der Waals surface area contributed by atoms with Crippen molar-refractivity contribution in [1.29, 1.82) is 0 Å². The first-order chi connectivity index (χ1) is 18.4. The topological polar surface area (TPSA) is 74.8 Å². The van der Waals surface area contributed by atoms with E-state index in [1.54, 1.807) is 48.5 Å². The van der Waals surface area contributed by atoms with E-state index in [1.165, 1.54) is 0 Å². The number of allylic oxidation sites excluding steroid dienone is 2. The van der Waals surface area contributed by atoms with Gasteiger partial charge in [-0.15, -0.1) is 0 Å². The molecule has 0 radical (unpaired) electrons. The number of para-hydroxylation sites is 2. The fourth-order valence-corrected chi connectivity index (χ4v) is 7.66. The number of halogens is 2. The third-order valence-electron chi connectivity index (χ3n) is 8.62. The molecule has 2 heterocycles. The highest BCUT2D eigenvalue weighted by atomic mass is 35.5. The molecule has 8 heteroatoms. The summed E-state index contributed by atoms with van der Waals surface area (Å²) in [6.45, 7) is 0. The van der Waals surface area contributed by atoms with Gasteiger partial charge in [0.25, 0.3) is 0 Å². The Morgan fingerprint density at radius 3 is 1.50 bits per heavy atom. The molecule has 4 amide bonds. The first-order valence-corrected chi connectivity index (χ1v) is 13.1. The number of rotatable bonds is 3. The van der Waals surface area contributed by atoms with E-state index in [9.17, 15) is 19.2 Å². The van der Waals surface area contributed by atoms with Crippen LogP contribution in [0, 0.1) is 29.6 Å². The van der Waals surface area contributed by atoms with Crippen molar-refractivity contribution in [2.24, 2.45) is 29.6 Å². The number of nitrogens with zero attached hydrogens (tertiary/aromatic N) is 2. The zero-order chi connectivity index (χ0) is 26.3. The number of carbonyl (C=O) groups excluding carboxylic acids is 4. The Kier molecular flexibility index (Phi) is 5.00. The SMILES string of the molecule is O=C1[C@H]2C3C=CC(c4ccccc4)([C@H]2C(=O)N1c1ccccc1Cl)[C@H]1C(=O)N(c2ccccc2Cl)C(=O)[C@@H]31. The summed E-state index contributed by atoms with van der Waals surface area (Å²) in [5.74, 6) is -5.62. The molecule has 1 saturated carbocycles. The van der Waals surface area contributed by atoms with E-state index in [1.807, 2.05) is 42.5 Å². The van der Waals surface area contributed by atoms with Crippen LogP contribution in [0.15, 0.2) is 91.0 Å². The van der Waals surface area contributed by atoms with Gasteiger partial charge in [-0.05, 0) is 29.8 Å². The number of hydrogen-bond acceptors (Lipinski definition) is 4. The van der Waals surface area contributed by atoms with E-state index >= 15 is 0 Å². The quantitative estimate of drug-likeness (QED) is 0.343. The Morgan fingerprint density at radius 2 is 1.03 bits per heavy atom. The van der Waals surface area contributed by atoms with Crippen LogP contribution in [-0.2, 0) is 24.6 Å². The van der Waals surface area contributed by atoms with Crippen molar-refractivity contribution in [1.82, 2.24) is 0 Å². The summed E-state index contributed by atoms with van der Waals surface area (Å²) in [5.41, 5.74) is 0.128. The van der Waals surface area contributed by atoms with Crippen LogP contribution in [0.4, 0.5) is 11.4 Å². The number of hydrogen-bond donors (Lipinski definition) is 0. The van der Waals surface area contributed by atoms with Gasteiger partial charge in [0.05, 0.1) is 45.1 Å². The van der Waals surface area contributed by atoms with Crippen LogP contribution >= 0.6 is 23.2 Å². The van der Waals surface area contributed by atoms with E-state index in [2.05, 4.69) is 0 Å². The Morgan fingerprint density at radius 1 is 0.579 bits per heavy atom. The maximum Gasteiger partial charge on any atom is 0.239 e. The lowest BCUT2D eigenvalue weighted by atomic mass is 9.45. The number of benzene rings is 3. The Balaban J connectivity index is 1.45. The Labute approximate surface area is 228 Å². The Hall–Kier alpha value is -3.74. The van der Waals surface area contributed by atoms with Crippen molar-refractivity contribution in [3.8, 4) is 0 Å². The fraction of sp³-hybridized carbons (Fsp3) is 0.200. The van der Waals surface area contributed by atoms with Crippen LogP contribution in [0.25, 0.3) is 0 Å². The van der Waals surface area contributed by atoms with Gasteiger partial charge in [-0.1, -0.05) is 90.0 Å². The molecule has 0 aromatic heterocycles. The third kappa shape index (κ3) is 2.79. The number of amides is 4. The van der Waals surface area contributed by atoms with Gasteiger partial charge < -0.3 is 0 Å². The molecule has 2 bridgehead atoms. The lowest BCUT2D eigenvalue weighted by Gasteiger charge is -2.53. The van der Waals surface area contributed by atoms with Crippen molar-refractivity contribution in [3.63, 3.8) is 0 Å². The minimum atomic E-state index is -1.20. The minimum Gasteiger partial charge on any atom is -0.274 e. The fourth-order valence-electron chi connectivity index (χ4n) is 7.22. The van der Waals surface area contributed by atoms with Gasteiger partial charge in [-0.3, -0.25) is 19.2 Å². The average Bonchev–Trinajstić information content (AvgIpc) is 3.37. The van der Waals surface area contributed by atoms with Crippen molar-refractivity contribution >= 4 is 58.2 Å². The predicted molar refractivity (Wildman–Crippen MR) is 143 cm³/mol. The maximum atomic E-state index is 14.2. The summed E-state index contributed by atoms with van der Waals surface area (Å²) in [6, 6.07) is 22.6. The molecular weight excluding hydrogens is 523 g/mol. The van der Waals surface area contributed by atoms with Gasteiger partial charge >= 0.3 is 0 Å². The minimum absolute atomic E-state index is 0.277. The molecule has 2 aliphatic heterocycles. The van der Waals surface area contributed by atoms with E-state index in [0.29, 0.717) is 16.9 Å². The summed E-state index contributed by atoms with van der Waals surface area (Å²) < 4.78 is 0. The van der Waals surface area contributed by atoms with Crippen LogP contribution in [0.1, 0.15) is 5.56 Å². The summed E-state index contributed by atoms with van der Waals surface area (Å²) in [7, 11) is 0. The summed E-state index contributed by atoms with van der Waals surface area (Å²) in [6.07, 6.45) is 3.75. The van der Waals surface area contributed by atoms with Crippen molar-refractivity contribution in [3.05, 3.63) is 107 Å². The van der Waals surface area contributed by atoms with Gasteiger partial charge in [0.2, 0.25) is 23.6 Å². The van der Waals surface area contributed by atoms with Crippen LogP contribution in [0.2, 0.25) is 10.0 Å². The predicted octanol–water partition coefficient (Wildman–Crippen LogP) is 5.04. The highest BCUT2D eigenvalue weighted by Gasteiger charge is 2.75. The van der Waals surface area contributed by atoms with Crippen LogP contribution < -0.4 is 9.80 Å². The van der Waals surface area contributed by atoms with E-state index in [4.69, 9.17) is 23.2 Å². The molecule has 5 aliphatic rings. The standard InChI is InChI=1S/C30H20Cl2N2O4/c31-18-10-4-6-12-20(18)33-26(35)22-17-14-15-30(24(22)28(33)37,16-8-2-1-3-9-16)25-23(17)27(36)34(29(25)38)21-13-7-5-11-19(21)32/h1-15,17,22-25H/t17?,22-,23-,24+,25+,30?/m0/s1. The summed E-state index contributed by atoms with van der Waals surface area (Å²) >= 11 is 12.9. The molecule has 3 fully saturated rings. The molecule has 0 unspecified atom stereocenters. The molecule has 3 aromatic carbocycles. The zero-order valence-electron chi connectivity index (χ0n) is 19.8. The van der Waals surface area contributed by atoms with Crippen LogP contribution in [0.5, 0.6) is 0 Å². The number of anilines is 2. The van der Waals surface area contributed by atoms with Crippen molar-refractivity contribution in [2.75, 3.05) is 9.80 Å². The molecule has 38 heavy (non-hydrogen) atoms. The molecule has 3 aromatic rings. The monoisotopic (exact) mass is 542 g/mol. The van der Waals surface area contributed by atoms with Gasteiger partial charge in [0, 0.05) is 11.3 Å². The summed E-state index contributed by atoms with van der Waals surface area (Å²) in [5, 5.41) is 0.554. The maximum absolute atomic E-state index is 14.2. The van der Waals surface area contributed by atoms with Crippen LogP contribution in [-0.4, -0.2) is 23.6 Å². The molecule has 0 spiro atoms. The highest BCUT2D eigenvalue weighted by molar-refractivity contribution is 6.37. The van der Waals surface area contributed by atoms with E-state index < -0.39 is 58.6 Å². The van der Waals surface area contributed by atoms with E-state index in [-0.39, 0.29) is 10.0 Å². The van der Waals surface area contributed by atoms with Gasteiger partial charge in [0.1, 0.15) is 0 Å². The average molecular weight is 543 g/mol. The first kappa shape index (κ1) is 23.4. The molecule has 8 rings (SSSR count). The highest BCUT2D eigenvalue weighted by Crippen LogP contribution is 2.65. The normalized spacial score (nSPS) is 31.3. The van der Waals surface area contributed by atoms with Gasteiger partial charge in [-0.2, -0.15) is 0 Å². The second kappa shape index (κ2) is 8.13. The molecule has 0 N–H and O–H groups in total. The molecule has 3 aliphatic carbocycles. The van der Waals surface area contributed by atoms with Crippen LogP contribution in [0.3, 0.4) is 0 Å². The third-order valence-corrected chi connectivity index (χ3v) is 9.25. The second-order valence-corrected chi connectivity index (χ2v) is 11.0.